The maximum atomic E-state index is 2.39. The first-order valence-corrected chi connectivity index (χ1v) is 9.36. The number of rotatable bonds is 4. The topological polar surface area (TPSA) is 0 Å². The lowest BCUT2D eigenvalue weighted by Gasteiger charge is -2.36. The van der Waals surface area contributed by atoms with Crippen molar-refractivity contribution in [2.75, 3.05) is 0 Å². The zero-order valence-corrected chi connectivity index (χ0v) is 13.0. The summed E-state index contributed by atoms with van der Waals surface area (Å²) >= 11 is 0. The lowest BCUT2D eigenvalue weighted by atomic mass is 10.2. The van der Waals surface area contributed by atoms with E-state index in [1.165, 1.54) is 23.2 Å². The van der Waals surface area contributed by atoms with Gasteiger partial charge >= 0.3 is 0 Å². The van der Waals surface area contributed by atoms with Crippen molar-refractivity contribution in [3.05, 3.63) is 59.2 Å². The highest BCUT2D eigenvalue weighted by Gasteiger charge is 2.41. The fourth-order valence-corrected chi connectivity index (χ4v) is 7.68. The summed E-state index contributed by atoms with van der Waals surface area (Å²) in [5, 5.41) is 1.59. The van der Waals surface area contributed by atoms with E-state index >= 15 is 0 Å². The number of hydrogen-bond donors (Lipinski definition) is 0. The van der Waals surface area contributed by atoms with Crippen LogP contribution in [-0.2, 0) is 0 Å². The third kappa shape index (κ3) is 2.01. The predicted octanol–water partition coefficient (Wildman–Crippen LogP) is 4.40. The zero-order valence-electron chi connectivity index (χ0n) is 12.0. The second-order valence-electron chi connectivity index (χ2n) is 5.21. The van der Waals surface area contributed by atoms with Crippen LogP contribution < -0.4 is 5.19 Å². The molecule has 1 radical (unpaired) electrons. The van der Waals surface area contributed by atoms with Gasteiger partial charge in [-0.2, -0.15) is 0 Å². The number of allylic oxidation sites excluding steroid dienone is 4. The van der Waals surface area contributed by atoms with E-state index < -0.39 is 8.07 Å². The Hall–Kier alpha value is -1.08. The summed E-state index contributed by atoms with van der Waals surface area (Å²) in [6, 6.07) is 13.7. The zero-order chi connectivity index (χ0) is 13.2. The van der Waals surface area contributed by atoms with Crippen molar-refractivity contribution in [1.82, 2.24) is 0 Å². The van der Waals surface area contributed by atoms with Crippen LogP contribution in [0.25, 0.3) is 0 Å². The van der Waals surface area contributed by atoms with Crippen molar-refractivity contribution < 1.29 is 0 Å². The van der Waals surface area contributed by atoms with Crippen molar-refractivity contribution >= 4 is 13.3 Å². The van der Waals surface area contributed by atoms with Gasteiger partial charge in [-0.3, -0.25) is 0 Å². The molecule has 1 aliphatic rings. The molecule has 2 rings (SSSR count). The minimum absolute atomic E-state index is 1.29. The fraction of sp³-hybridized carbons (Fsp3) is 0.353. The minimum Gasteiger partial charge on any atom is -0.0754 e. The van der Waals surface area contributed by atoms with Crippen molar-refractivity contribution in [1.29, 1.82) is 0 Å². The Morgan fingerprint density at radius 3 is 1.94 bits per heavy atom. The summed E-state index contributed by atoms with van der Waals surface area (Å²) in [5.74, 6) is 0. The lowest BCUT2D eigenvalue weighted by molar-refractivity contribution is 1.20. The monoisotopic (exact) mass is 255 g/mol. The van der Waals surface area contributed by atoms with Crippen LogP contribution in [0.15, 0.2) is 53.6 Å². The average molecular weight is 255 g/mol. The van der Waals surface area contributed by atoms with Crippen molar-refractivity contribution in [2.24, 2.45) is 0 Å². The van der Waals surface area contributed by atoms with Crippen LogP contribution in [0.4, 0.5) is 0 Å². The standard InChI is InChI=1S/C17H23Si/c1-5-18(6-2,16-10-8-7-9-11-16)17-13-12-14(3)15(17)4/h7-13H,5-6H2,1-4H3. The quantitative estimate of drug-likeness (QED) is 0.699. The van der Waals surface area contributed by atoms with E-state index in [2.05, 4.69) is 70.2 Å². The molecular weight excluding hydrogens is 232 g/mol. The van der Waals surface area contributed by atoms with Gasteiger partial charge in [0, 0.05) is 5.54 Å². The summed E-state index contributed by atoms with van der Waals surface area (Å²) in [4.78, 5) is 0. The summed E-state index contributed by atoms with van der Waals surface area (Å²) in [6.07, 6.45) is 4.68. The molecule has 95 valence electrons. The first-order chi connectivity index (χ1) is 8.65. The van der Waals surface area contributed by atoms with E-state index in [-0.39, 0.29) is 0 Å². The predicted molar refractivity (Wildman–Crippen MR) is 83.5 cm³/mol. The molecule has 0 saturated carbocycles. The van der Waals surface area contributed by atoms with Crippen LogP contribution >= 0.6 is 0 Å². The second kappa shape index (κ2) is 5.27. The highest BCUT2D eigenvalue weighted by Crippen LogP contribution is 2.38. The van der Waals surface area contributed by atoms with Crippen LogP contribution in [0.2, 0.25) is 12.1 Å². The van der Waals surface area contributed by atoms with Gasteiger partial charge in [-0.05, 0) is 13.8 Å². The molecule has 0 atom stereocenters. The highest BCUT2D eigenvalue weighted by molar-refractivity contribution is 6.97. The van der Waals surface area contributed by atoms with Crippen LogP contribution in [0, 0.1) is 5.54 Å². The van der Waals surface area contributed by atoms with Crippen molar-refractivity contribution in [3.63, 3.8) is 0 Å². The van der Waals surface area contributed by atoms with Gasteiger partial charge in [-0.15, -0.1) is 0 Å². The number of benzene rings is 1. The van der Waals surface area contributed by atoms with Gasteiger partial charge in [0.1, 0.15) is 8.07 Å². The third-order valence-electron chi connectivity index (χ3n) is 4.54. The SMILES string of the molecule is CC[Si](CC)([C]1C=CC(C)=C1C)c1ccccc1. The third-order valence-corrected chi connectivity index (χ3v) is 9.97. The molecule has 1 aromatic carbocycles. The Kier molecular flexibility index (Phi) is 3.91. The smallest absolute Gasteiger partial charge is 0.0754 e. The molecule has 1 aromatic rings. The summed E-state index contributed by atoms with van der Waals surface area (Å²) in [6.45, 7) is 9.25. The summed E-state index contributed by atoms with van der Waals surface area (Å²) in [7, 11) is -1.52. The highest BCUT2D eigenvalue weighted by atomic mass is 28.3. The molecule has 0 bridgehead atoms. The molecule has 0 unspecified atom stereocenters. The molecule has 0 N–H and O–H groups in total. The van der Waals surface area contributed by atoms with Gasteiger partial charge in [0.05, 0.1) is 0 Å². The molecule has 0 saturated heterocycles. The van der Waals surface area contributed by atoms with E-state index in [1.54, 1.807) is 10.7 Å². The Morgan fingerprint density at radius 1 is 0.889 bits per heavy atom. The normalized spacial score (nSPS) is 16.7. The number of hydrogen-bond acceptors (Lipinski definition) is 0. The molecule has 0 nitrogen and oxygen atoms in total. The van der Waals surface area contributed by atoms with Crippen LogP contribution in [0.3, 0.4) is 0 Å². The molecule has 0 fully saturated rings. The Morgan fingerprint density at radius 2 is 1.50 bits per heavy atom. The Bertz CT molecular complexity index is 464. The molecule has 18 heavy (non-hydrogen) atoms. The van der Waals surface area contributed by atoms with Gasteiger partial charge < -0.3 is 0 Å². The van der Waals surface area contributed by atoms with Crippen LogP contribution in [0.1, 0.15) is 27.7 Å². The van der Waals surface area contributed by atoms with E-state index in [0.717, 1.165) is 0 Å². The van der Waals surface area contributed by atoms with Gasteiger partial charge in [-0.1, -0.05) is 84.8 Å². The first kappa shape index (κ1) is 13.4. The maximum absolute atomic E-state index is 2.39. The lowest BCUT2D eigenvalue weighted by Crippen LogP contribution is -2.51. The summed E-state index contributed by atoms with van der Waals surface area (Å²) < 4.78 is 0. The van der Waals surface area contributed by atoms with Crippen LogP contribution in [0.5, 0.6) is 0 Å². The molecule has 0 heterocycles. The van der Waals surface area contributed by atoms with Crippen molar-refractivity contribution in [3.8, 4) is 0 Å². The maximum Gasteiger partial charge on any atom is 0.102 e. The largest absolute Gasteiger partial charge is 0.102 e. The van der Waals surface area contributed by atoms with Gasteiger partial charge in [0.25, 0.3) is 0 Å². The molecule has 0 spiro atoms. The molecule has 0 aliphatic heterocycles. The van der Waals surface area contributed by atoms with E-state index in [4.69, 9.17) is 0 Å². The minimum atomic E-state index is -1.52. The van der Waals surface area contributed by atoms with E-state index in [9.17, 15) is 0 Å². The van der Waals surface area contributed by atoms with E-state index in [1.807, 2.05) is 0 Å². The van der Waals surface area contributed by atoms with Crippen LogP contribution in [-0.4, -0.2) is 8.07 Å². The second-order valence-corrected chi connectivity index (χ2v) is 9.90. The molecule has 0 amide bonds. The van der Waals surface area contributed by atoms with E-state index in [0.29, 0.717) is 0 Å². The van der Waals surface area contributed by atoms with Crippen molar-refractivity contribution in [2.45, 2.75) is 39.8 Å². The summed E-state index contributed by atoms with van der Waals surface area (Å²) in [5.41, 5.74) is 4.62. The molecular formula is C17H23Si. The Balaban J connectivity index is 2.50. The first-order valence-electron chi connectivity index (χ1n) is 6.94. The molecule has 1 heteroatoms. The van der Waals surface area contributed by atoms with Gasteiger partial charge in [0.15, 0.2) is 0 Å². The molecule has 1 aliphatic carbocycles. The average Bonchev–Trinajstić information content (AvgIpc) is 2.75. The van der Waals surface area contributed by atoms with Gasteiger partial charge in [0.2, 0.25) is 0 Å². The molecule has 0 aromatic heterocycles. The Labute approximate surface area is 112 Å². The van der Waals surface area contributed by atoms with Gasteiger partial charge in [-0.25, -0.2) is 0 Å². The fourth-order valence-electron chi connectivity index (χ4n) is 3.14.